The fourth-order valence-corrected chi connectivity index (χ4v) is 4.62. The van der Waals surface area contributed by atoms with Crippen LogP contribution >= 0.6 is 11.6 Å². The molecule has 1 aliphatic heterocycles. The molecule has 0 radical (unpaired) electrons. The van der Waals surface area contributed by atoms with Crippen LogP contribution in [-0.4, -0.2) is 58.7 Å². The lowest BCUT2D eigenvalue weighted by atomic mass is 9.99. The highest BCUT2D eigenvalue weighted by Gasteiger charge is 2.29. The van der Waals surface area contributed by atoms with Crippen LogP contribution < -0.4 is 0 Å². The number of hydrogen-bond donors (Lipinski definition) is 0. The lowest BCUT2D eigenvalue weighted by Crippen LogP contribution is -2.53. The second kappa shape index (κ2) is 10.6. The molecule has 7 nitrogen and oxygen atoms in total. The van der Waals surface area contributed by atoms with E-state index in [1.807, 2.05) is 19.1 Å². The van der Waals surface area contributed by atoms with E-state index in [1.54, 1.807) is 24.1 Å². The third-order valence-electron chi connectivity index (χ3n) is 6.18. The minimum atomic E-state index is -0.486. The SMILES string of the molecule is COCc1nnc(Cc2cc(Cl)cc(CN3CCN(C(=O)c4ccccc4F)[C@@H](C)C3)c2C)o1. The van der Waals surface area contributed by atoms with E-state index >= 15 is 0 Å². The number of piperazine rings is 1. The largest absolute Gasteiger partial charge is 0.422 e. The van der Waals surface area contributed by atoms with Gasteiger partial charge in [0.05, 0.1) is 12.0 Å². The van der Waals surface area contributed by atoms with E-state index in [9.17, 15) is 9.18 Å². The Morgan fingerprint density at radius 1 is 1.21 bits per heavy atom. The molecule has 3 aromatic rings. The van der Waals surface area contributed by atoms with Gasteiger partial charge in [0.2, 0.25) is 11.8 Å². The molecule has 4 rings (SSSR count). The molecule has 1 amide bonds. The zero-order valence-corrected chi connectivity index (χ0v) is 20.3. The van der Waals surface area contributed by atoms with Gasteiger partial charge >= 0.3 is 0 Å². The van der Waals surface area contributed by atoms with Crippen molar-refractivity contribution in [1.82, 2.24) is 20.0 Å². The number of benzene rings is 2. The van der Waals surface area contributed by atoms with E-state index in [4.69, 9.17) is 20.8 Å². The predicted molar refractivity (Wildman–Crippen MR) is 126 cm³/mol. The topological polar surface area (TPSA) is 71.7 Å². The third-order valence-corrected chi connectivity index (χ3v) is 6.39. The van der Waals surface area contributed by atoms with E-state index in [0.29, 0.717) is 49.4 Å². The van der Waals surface area contributed by atoms with Crippen molar-refractivity contribution >= 4 is 17.5 Å². The lowest BCUT2D eigenvalue weighted by Gasteiger charge is -2.40. The van der Waals surface area contributed by atoms with Gasteiger partial charge in [-0.25, -0.2) is 4.39 Å². The fraction of sp³-hybridized carbons (Fsp3) is 0.400. The molecule has 0 aliphatic carbocycles. The summed E-state index contributed by atoms with van der Waals surface area (Å²) >= 11 is 6.44. The van der Waals surface area contributed by atoms with Crippen molar-refractivity contribution < 1.29 is 18.3 Å². The van der Waals surface area contributed by atoms with Crippen molar-refractivity contribution in [3.63, 3.8) is 0 Å². The standard InChI is InChI=1S/C25H28ClFN4O3/c1-16-13-30(8-9-31(16)25(32)21-6-4-5-7-22(21)27)14-19-11-20(26)10-18(17(19)2)12-23-28-29-24(34-23)15-33-3/h4-7,10-11,16H,8-9,12-15H2,1-3H3/t16-/m0/s1. The number of carbonyl (C=O) groups excluding carboxylic acids is 1. The van der Waals surface area contributed by atoms with Crippen LogP contribution in [0.5, 0.6) is 0 Å². The molecule has 34 heavy (non-hydrogen) atoms. The Kier molecular flexibility index (Phi) is 7.60. The molecule has 1 fully saturated rings. The van der Waals surface area contributed by atoms with Crippen LogP contribution in [0.4, 0.5) is 4.39 Å². The lowest BCUT2D eigenvalue weighted by molar-refractivity contribution is 0.0471. The van der Waals surface area contributed by atoms with Gasteiger partial charge in [0.1, 0.15) is 12.4 Å². The first-order valence-corrected chi connectivity index (χ1v) is 11.6. The highest BCUT2D eigenvalue weighted by atomic mass is 35.5. The molecule has 0 bridgehead atoms. The van der Waals surface area contributed by atoms with Gasteiger partial charge in [-0.15, -0.1) is 10.2 Å². The van der Waals surface area contributed by atoms with Crippen molar-refractivity contribution in [2.45, 2.75) is 39.5 Å². The third kappa shape index (κ3) is 5.46. The van der Waals surface area contributed by atoms with Gasteiger partial charge in [-0.1, -0.05) is 23.7 Å². The summed E-state index contributed by atoms with van der Waals surface area (Å²) in [7, 11) is 1.58. The van der Waals surface area contributed by atoms with Gasteiger partial charge < -0.3 is 14.1 Å². The summed E-state index contributed by atoms with van der Waals surface area (Å²) in [5, 5.41) is 8.73. The number of nitrogens with zero attached hydrogens (tertiary/aromatic N) is 4. The van der Waals surface area contributed by atoms with Crippen LogP contribution in [0.25, 0.3) is 0 Å². The Morgan fingerprint density at radius 2 is 1.94 bits per heavy atom. The average molecular weight is 487 g/mol. The van der Waals surface area contributed by atoms with Crippen LogP contribution in [0, 0.1) is 12.7 Å². The molecule has 0 unspecified atom stereocenters. The van der Waals surface area contributed by atoms with Gasteiger partial charge in [0.25, 0.3) is 5.91 Å². The molecule has 1 aliphatic rings. The van der Waals surface area contributed by atoms with Gasteiger partial charge in [0.15, 0.2) is 0 Å². The number of rotatable bonds is 7. The number of methoxy groups -OCH3 is 1. The Balaban J connectivity index is 1.44. The maximum Gasteiger partial charge on any atom is 0.257 e. The Hall–Kier alpha value is -2.81. The monoisotopic (exact) mass is 486 g/mol. The van der Waals surface area contributed by atoms with Gasteiger partial charge in [-0.2, -0.15) is 0 Å². The van der Waals surface area contributed by atoms with E-state index < -0.39 is 5.82 Å². The quantitative estimate of drug-likeness (QED) is 0.497. The average Bonchev–Trinajstić information content (AvgIpc) is 3.24. The molecule has 0 spiro atoms. The molecular formula is C25H28ClFN4O3. The first kappa shape index (κ1) is 24.3. The first-order valence-electron chi connectivity index (χ1n) is 11.2. The van der Waals surface area contributed by atoms with Crippen LogP contribution in [0.3, 0.4) is 0 Å². The molecule has 1 atom stereocenters. The summed E-state index contributed by atoms with van der Waals surface area (Å²) in [4.78, 5) is 16.9. The highest BCUT2D eigenvalue weighted by molar-refractivity contribution is 6.30. The number of hydrogen-bond acceptors (Lipinski definition) is 6. The molecule has 0 saturated carbocycles. The predicted octanol–water partition coefficient (Wildman–Crippen LogP) is 4.25. The molecule has 1 saturated heterocycles. The second-order valence-electron chi connectivity index (χ2n) is 8.61. The maximum atomic E-state index is 14.1. The molecule has 0 N–H and O–H groups in total. The Morgan fingerprint density at radius 3 is 2.68 bits per heavy atom. The van der Waals surface area contributed by atoms with E-state index in [0.717, 1.165) is 16.7 Å². The molecule has 2 aromatic carbocycles. The molecule has 180 valence electrons. The normalized spacial score (nSPS) is 16.7. The van der Waals surface area contributed by atoms with Gasteiger partial charge in [-0.05, 0) is 54.8 Å². The van der Waals surface area contributed by atoms with Gasteiger partial charge in [-0.3, -0.25) is 9.69 Å². The summed E-state index contributed by atoms with van der Waals surface area (Å²) < 4.78 is 24.8. The summed E-state index contributed by atoms with van der Waals surface area (Å²) in [5.41, 5.74) is 3.37. The molecule has 1 aromatic heterocycles. The van der Waals surface area contributed by atoms with Gasteiger partial charge in [0, 0.05) is 44.4 Å². The van der Waals surface area contributed by atoms with Crippen molar-refractivity contribution in [3.05, 3.63) is 81.3 Å². The molecular weight excluding hydrogens is 459 g/mol. The van der Waals surface area contributed by atoms with Crippen molar-refractivity contribution in [1.29, 1.82) is 0 Å². The maximum absolute atomic E-state index is 14.1. The van der Waals surface area contributed by atoms with E-state index in [-0.39, 0.29) is 24.1 Å². The van der Waals surface area contributed by atoms with Crippen LogP contribution in [0.2, 0.25) is 5.02 Å². The first-order chi connectivity index (χ1) is 16.4. The number of amides is 1. The zero-order valence-electron chi connectivity index (χ0n) is 19.6. The zero-order chi connectivity index (χ0) is 24.2. The Bertz CT molecular complexity index is 1170. The highest BCUT2D eigenvalue weighted by Crippen LogP contribution is 2.25. The fourth-order valence-electron chi connectivity index (χ4n) is 4.36. The molecule has 9 heteroatoms. The minimum absolute atomic E-state index is 0.0441. The number of halogens is 2. The van der Waals surface area contributed by atoms with Crippen molar-refractivity contribution in [3.8, 4) is 0 Å². The smallest absolute Gasteiger partial charge is 0.257 e. The summed E-state index contributed by atoms with van der Waals surface area (Å²) in [6.07, 6.45) is 0.484. The number of carbonyl (C=O) groups is 1. The number of ether oxygens (including phenoxy) is 1. The number of aromatic nitrogens is 2. The van der Waals surface area contributed by atoms with E-state index in [2.05, 4.69) is 22.0 Å². The van der Waals surface area contributed by atoms with Crippen molar-refractivity contribution in [2.24, 2.45) is 0 Å². The van der Waals surface area contributed by atoms with Crippen LogP contribution in [0.1, 0.15) is 45.8 Å². The summed E-state index contributed by atoms with van der Waals surface area (Å²) in [5.74, 6) is 0.199. The van der Waals surface area contributed by atoms with Crippen LogP contribution in [0.15, 0.2) is 40.8 Å². The summed E-state index contributed by atoms with van der Waals surface area (Å²) in [6.45, 7) is 6.94. The van der Waals surface area contributed by atoms with E-state index in [1.165, 1.54) is 12.1 Å². The second-order valence-corrected chi connectivity index (χ2v) is 9.05. The Labute approximate surface area is 203 Å². The van der Waals surface area contributed by atoms with Crippen LogP contribution in [-0.2, 0) is 24.3 Å². The molecule has 2 heterocycles. The minimum Gasteiger partial charge on any atom is -0.422 e. The van der Waals surface area contributed by atoms with Crippen molar-refractivity contribution in [2.75, 3.05) is 26.7 Å². The summed E-state index contributed by atoms with van der Waals surface area (Å²) in [6, 6.07) is 9.99.